The summed E-state index contributed by atoms with van der Waals surface area (Å²) in [5.41, 5.74) is 1.36. The zero-order chi connectivity index (χ0) is 15.5. The molecule has 1 aliphatic rings. The first-order chi connectivity index (χ1) is 9.86. The molecule has 0 saturated carbocycles. The number of piperidine rings is 1. The van der Waals surface area contributed by atoms with Crippen molar-refractivity contribution in [1.29, 1.82) is 0 Å². The van der Waals surface area contributed by atoms with E-state index in [1.165, 1.54) is 5.56 Å². The van der Waals surface area contributed by atoms with Gasteiger partial charge in [-0.1, -0.05) is 32.9 Å². The minimum absolute atomic E-state index is 0.0122. The summed E-state index contributed by atoms with van der Waals surface area (Å²) in [6, 6.07) is 7.90. The molecule has 4 nitrogen and oxygen atoms in total. The second kappa shape index (κ2) is 6.48. The fourth-order valence-corrected chi connectivity index (χ4v) is 2.40. The number of nitrogens with zero attached hydrogens (tertiary/aromatic N) is 1. The van der Waals surface area contributed by atoms with Crippen LogP contribution in [0.2, 0.25) is 0 Å². The Morgan fingerprint density at radius 2 is 1.81 bits per heavy atom. The van der Waals surface area contributed by atoms with Gasteiger partial charge < -0.3 is 14.7 Å². The van der Waals surface area contributed by atoms with Crippen LogP contribution in [0.1, 0.15) is 39.2 Å². The molecule has 1 saturated heterocycles. The second-order valence-corrected chi connectivity index (χ2v) is 6.68. The SMILES string of the molecule is CC(C)(C)c1ccc(OCC(=O)N2CCC(O)CC2)cc1. The van der Waals surface area contributed by atoms with Crippen molar-refractivity contribution in [3.05, 3.63) is 29.8 Å². The van der Waals surface area contributed by atoms with Crippen LogP contribution in [0.5, 0.6) is 5.75 Å². The van der Waals surface area contributed by atoms with E-state index in [0.29, 0.717) is 31.7 Å². The second-order valence-electron chi connectivity index (χ2n) is 6.68. The molecule has 21 heavy (non-hydrogen) atoms. The van der Waals surface area contributed by atoms with Gasteiger partial charge in [0.15, 0.2) is 6.61 Å². The van der Waals surface area contributed by atoms with Crippen LogP contribution in [0.25, 0.3) is 0 Å². The average Bonchev–Trinajstić information content (AvgIpc) is 2.45. The molecule has 1 aromatic carbocycles. The number of rotatable bonds is 3. The van der Waals surface area contributed by atoms with E-state index in [1.54, 1.807) is 4.90 Å². The summed E-state index contributed by atoms with van der Waals surface area (Å²) in [5, 5.41) is 9.44. The highest BCUT2D eigenvalue weighted by Gasteiger charge is 2.21. The third-order valence-corrected chi connectivity index (χ3v) is 3.90. The monoisotopic (exact) mass is 291 g/mol. The Labute approximate surface area is 126 Å². The number of aliphatic hydroxyl groups excluding tert-OH is 1. The van der Waals surface area contributed by atoms with E-state index in [4.69, 9.17) is 4.74 Å². The number of carbonyl (C=O) groups is 1. The molecular weight excluding hydrogens is 266 g/mol. The summed E-state index contributed by atoms with van der Waals surface area (Å²) in [4.78, 5) is 13.8. The molecular formula is C17H25NO3. The topological polar surface area (TPSA) is 49.8 Å². The molecule has 0 atom stereocenters. The predicted molar refractivity (Wildman–Crippen MR) is 82.5 cm³/mol. The molecule has 0 bridgehead atoms. The first-order valence-corrected chi connectivity index (χ1v) is 7.55. The van der Waals surface area contributed by atoms with Crippen molar-refractivity contribution in [2.75, 3.05) is 19.7 Å². The molecule has 0 aliphatic carbocycles. The van der Waals surface area contributed by atoms with Gasteiger partial charge in [-0.15, -0.1) is 0 Å². The van der Waals surface area contributed by atoms with E-state index in [-0.39, 0.29) is 24.0 Å². The highest BCUT2D eigenvalue weighted by Crippen LogP contribution is 2.24. The number of aliphatic hydroxyl groups is 1. The van der Waals surface area contributed by atoms with Crippen molar-refractivity contribution in [3.63, 3.8) is 0 Å². The summed E-state index contributed by atoms with van der Waals surface area (Å²) >= 11 is 0. The maximum absolute atomic E-state index is 12.0. The van der Waals surface area contributed by atoms with Crippen LogP contribution in [0.15, 0.2) is 24.3 Å². The lowest BCUT2D eigenvalue weighted by Gasteiger charge is -2.29. The summed E-state index contributed by atoms with van der Waals surface area (Å²) in [6.45, 7) is 7.79. The van der Waals surface area contributed by atoms with E-state index in [0.717, 1.165) is 0 Å². The molecule has 0 radical (unpaired) electrons. The predicted octanol–water partition coefficient (Wildman–Crippen LogP) is 2.35. The maximum atomic E-state index is 12.0. The van der Waals surface area contributed by atoms with E-state index in [1.807, 2.05) is 24.3 Å². The number of hydrogen-bond acceptors (Lipinski definition) is 3. The van der Waals surface area contributed by atoms with E-state index in [9.17, 15) is 9.90 Å². The van der Waals surface area contributed by atoms with Crippen LogP contribution in [0, 0.1) is 0 Å². The molecule has 0 unspecified atom stereocenters. The third kappa shape index (κ3) is 4.46. The lowest BCUT2D eigenvalue weighted by atomic mass is 9.87. The quantitative estimate of drug-likeness (QED) is 0.930. The Kier molecular flexibility index (Phi) is 4.88. The third-order valence-electron chi connectivity index (χ3n) is 3.90. The summed E-state index contributed by atoms with van der Waals surface area (Å²) in [5.74, 6) is 0.704. The summed E-state index contributed by atoms with van der Waals surface area (Å²) in [7, 11) is 0. The first kappa shape index (κ1) is 15.8. The van der Waals surface area contributed by atoms with Gasteiger partial charge in [0.25, 0.3) is 5.91 Å². The molecule has 1 aliphatic heterocycles. The van der Waals surface area contributed by atoms with Crippen LogP contribution >= 0.6 is 0 Å². The average molecular weight is 291 g/mol. The Hall–Kier alpha value is -1.55. The van der Waals surface area contributed by atoms with Gasteiger partial charge in [0.05, 0.1) is 6.10 Å². The Balaban J connectivity index is 1.84. The number of ether oxygens (including phenoxy) is 1. The first-order valence-electron chi connectivity index (χ1n) is 7.55. The molecule has 1 fully saturated rings. The van der Waals surface area contributed by atoms with Crippen LogP contribution in [-0.2, 0) is 10.2 Å². The van der Waals surface area contributed by atoms with Crippen molar-refractivity contribution < 1.29 is 14.6 Å². The molecule has 116 valence electrons. The minimum atomic E-state index is -0.264. The molecule has 1 N–H and O–H groups in total. The molecule has 0 aromatic heterocycles. The van der Waals surface area contributed by atoms with E-state index in [2.05, 4.69) is 20.8 Å². The van der Waals surface area contributed by atoms with Crippen molar-refractivity contribution in [2.24, 2.45) is 0 Å². The Morgan fingerprint density at radius 3 is 2.33 bits per heavy atom. The van der Waals surface area contributed by atoms with Crippen molar-refractivity contribution >= 4 is 5.91 Å². The number of benzene rings is 1. The highest BCUT2D eigenvalue weighted by molar-refractivity contribution is 5.77. The minimum Gasteiger partial charge on any atom is -0.484 e. The highest BCUT2D eigenvalue weighted by atomic mass is 16.5. The van der Waals surface area contributed by atoms with Gasteiger partial charge in [-0.3, -0.25) is 4.79 Å². The van der Waals surface area contributed by atoms with Crippen LogP contribution in [-0.4, -0.2) is 41.7 Å². The fourth-order valence-electron chi connectivity index (χ4n) is 2.40. The van der Waals surface area contributed by atoms with Gasteiger partial charge >= 0.3 is 0 Å². The van der Waals surface area contributed by atoms with E-state index < -0.39 is 0 Å². The Bertz CT molecular complexity index is 468. The number of likely N-dealkylation sites (tertiary alicyclic amines) is 1. The maximum Gasteiger partial charge on any atom is 0.260 e. The molecule has 4 heteroatoms. The van der Waals surface area contributed by atoms with Crippen LogP contribution in [0.4, 0.5) is 0 Å². The normalized spacial score (nSPS) is 16.9. The fraction of sp³-hybridized carbons (Fsp3) is 0.588. The number of amides is 1. The standard InChI is InChI=1S/C17H25NO3/c1-17(2,3)13-4-6-15(7-5-13)21-12-16(20)18-10-8-14(19)9-11-18/h4-7,14,19H,8-12H2,1-3H3. The van der Waals surface area contributed by atoms with Crippen LogP contribution in [0.3, 0.4) is 0 Å². The van der Waals surface area contributed by atoms with Crippen LogP contribution < -0.4 is 4.74 Å². The van der Waals surface area contributed by atoms with Crippen molar-refractivity contribution in [1.82, 2.24) is 4.90 Å². The van der Waals surface area contributed by atoms with Gasteiger partial charge in [0, 0.05) is 13.1 Å². The number of hydrogen-bond donors (Lipinski definition) is 1. The largest absolute Gasteiger partial charge is 0.484 e. The van der Waals surface area contributed by atoms with Gasteiger partial charge in [-0.2, -0.15) is 0 Å². The molecule has 1 aromatic rings. The smallest absolute Gasteiger partial charge is 0.260 e. The zero-order valence-electron chi connectivity index (χ0n) is 13.1. The molecule has 2 rings (SSSR count). The van der Waals surface area contributed by atoms with Gasteiger partial charge in [0.1, 0.15) is 5.75 Å². The van der Waals surface area contributed by atoms with Crippen molar-refractivity contribution in [3.8, 4) is 5.75 Å². The van der Waals surface area contributed by atoms with Crippen molar-refractivity contribution in [2.45, 2.75) is 45.1 Å². The van der Waals surface area contributed by atoms with Gasteiger partial charge in [-0.25, -0.2) is 0 Å². The van der Waals surface area contributed by atoms with Gasteiger partial charge in [-0.05, 0) is 36.0 Å². The Morgan fingerprint density at radius 1 is 1.24 bits per heavy atom. The molecule has 1 amide bonds. The molecule has 1 heterocycles. The lowest BCUT2D eigenvalue weighted by molar-refractivity contribution is -0.135. The summed E-state index contributed by atoms with van der Waals surface area (Å²) in [6.07, 6.45) is 1.05. The molecule has 0 spiro atoms. The number of carbonyl (C=O) groups excluding carboxylic acids is 1. The summed E-state index contributed by atoms with van der Waals surface area (Å²) < 4.78 is 5.56. The zero-order valence-corrected chi connectivity index (χ0v) is 13.1. The lowest BCUT2D eigenvalue weighted by Crippen LogP contribution is -2.42. The van der Waals surface area contributed by atoms with Gasteiger partial charge in [0.2, 0.25) is 0 Å². The van der Waals surface area contributed by atoms with E-state index >= 15 is 0 Å².